The van der Waals surface area contributed by atoms with E-state index in [9.17, 15) is 13.2 Å². The lowest BCUT2D eigenvalue weighted by Crippen LogP contribution is -2.38. The summed E-state index contributed by atoms with van der Waals surface area (Å²) in [6.45, 7) is 4.98. The molecule has 1 unspecified atom stereocenters. The van der Waals surface area contributed by atoms with Crippen molar-refractivity contribution in [2.24, 2.45) is 5.92 Å². The minimum Gasteiger partial charge on any atom is -0.481 e. The zero-order valence-electron chi connectivity index (χ0n) is 11.6. The fourth-order valence-corrected chi connectivity index (χ4v) is 3.71. The van der Waals surface area contributed by atoms with Crippen LogP contribution in [-0.2, 0) is 14.8 Å². The standard InChI is InChI=1S/C12H24N2O4S/c1-3-11(4-2)13-6-8-19(17,18)14-7-5-10(9-14)12(15)16/h10-11,13H,3-9H2,1-2H3,(H,15,16). The van der Waals surface area contributed by atoms with Crippen molar-refractivity contribution in [2.75, 3.05) is 25.4 Å². The Hall–Kier alpha value is -0.660. The van der Waals surface area contributed by atoms with E-state index in [1.807, 2.05) is 0 Å². The van der Waals surface area contributed by atoms with Gasteiger partial charge in [0.15, 0.2) is 0 Å². The number of rotatable bonds is 8. The van der Waals surface area contributed by atoms with E-state index in [-0.39, 0.29) is 12.3 Å². The molecule has 0 amide bonds. The fourth-order valence-electron chi connectivity index (χ4n) is 2.28. The highest BCUT2D eigenvalue weighted by atomic mass is 32.2. The first kappa shape index (κ1) is 16.4. The Morgan fingerprint density at radius 2 is 2.05 bits per heavy atom. The largest absolute Gasteiger partial charge is 0.481 e. The molecule has 7 heteroatoms. The molecule has 1 heterocycles. The summed E-state index contributed by atoms with van der Waals surface area (Å²) in [7, 11) is -3.33. The van der Waals surface area contributed by atoms with Gasteiger partial charge in [0.1, 0.15) is 0 Å². The van der Waals surface area contributed by atoms with Crippen LogP contribution in [0.25, 0.3) is 0 Å². The Balaban J connectivity index is 2.42. The van der Waals surface area contributed by atoms with Crippen LogP contribution in [0.5, 0.6) is 0 Å². The lowest BCUT2D eigenvalue weighted by molar-refractivity contribution is -0.141. The predicted molar refractivity (Wildman–Crippen MR) is 73.5 cm³/mol. The third-order valence-corrected chi connectivity index (χ3v) is 5.51. The van der Waals surface area contributed by atoms with E-state index in [1.165, 1.54) is 4.31 Å². The monoisotopic (exact) mass is 292 g/mol. The molecule has 1 atom stereocenters. The summed E-state index contributed by atoms with van der Waals surface area (Å²) in [6.07, 6.45) is 2.36. The van der Waals surface area contributed by atoms with Crippen molar-refractivity contribution < 1.29 is 18.3 Å². The van der Waals surface area contributed by atoms with Crippen molar-refractivity contribution >= 4 is 16.0 Å². The average molecular weight is 292 g/mol. The molecule has 6 nitrogen and oxygen atoms in total. The first-order valence-electron chi connectivity index (χ1n) is 6.84. The summed E-state index contributed by atoms with van der Waals surface area (Å²) in [5.74, 6) is -1.43. The molecule has 0 radical (unpaired) electrons. The van der Waals surface area contributed by atoms with Crippen molar-refractivity contribution in [3.8, 4) is 0 Å². The van der Waals surface area contributed by atoms with Crippen LogP contribution in [0.15, 0.2) is 0 Å². The van der Waals surface area contributed by atoms with Gasteiger partial charge in [-0.3, -0.25) is 4.79 Å². The number of hydrogen-bond acceptors (Lipinski definition) is 4. The Labute approximate surface area is 115 Å². The predicted octanol–water partition coefficient (Wildman–Crippen LogP) is 0.501. The molecule has 0 aromatic carbocycles. The summed E-state index contributed by atoms with van der Waals surface area (Å²) in [5.41, 5.74) is 0. The van der Waals surface area contributed by atoms with E-state index in [0.717, 1.165) is 12.8 Å². The van der Waals surface area contributed by atoms with Crippen LogP contribution in [-0.4, -0.2) is 55.2 Å². The maximum Gasteiger partial charge on any atom is 0.307 e. The Morgan fingerprint density at radius 3 is 2.53 bits per heavy atom. The van der Waals surface area contributed by atoms with Crippen LogP contribution in [0.3, 0.4) is 0 Å². The van der Waals surface area contributed by atoms with Gasteiger partial charge in [-0.25, -0.2) is 12.7 Å². The van der Waals surface area contributed by atoms with Crippen LogP contribution in [0.1, 0.15) is 33.1 Å². The molecule has 1 fully saturated rings. The number of nitrogens with zero attached hydrogens (tertiary/aromatic N) is 1. The number of nitrogens with one attached hydrogen (secondary N) is 1. The van der Waals surface area contributed by atoms with Crippen molar-refractivity contribution in [1.82, 2.24) is 9.62 Å². The molecule has 0 bridgehead atoms. The van der Waals surface area contributed by atoms with E-state index in [4.69, 9.17) is 5.11 Å². The lowest BCUT2D eigenvalue weighted by atomic mass is 10.1. The van der Waals surface area contributed by atoms with Gasteiger partial charge in [0.25, 0.3) is 0 Å². The fraction of sp³-hybridized carbons (Fsp3) is 0.917. The third-order valence-electron chi connectivity index (χ3n) is 3.67. The van der Waals surface area contributed by atoms with Gasteiger partial charge in [0.05, 0.1) is 11.7 Å². The highest BCUT2D eigenvalue weighted by Gasteiger charge is 2.34. The van der Waals surface area contributed by atoms with Crippen LogP contribution < -0.4 is 5.32 Å². The molecule has 0 aliphatic carbocycles. The molecule has 1 saturated heterocycles. The quantitative estimate of drug-likeness (QED) is 0.680. The van der Waals surface area contributed by atoms with Gasteiger partial charge in [-0.2, -0.15) is 0 Å². The summed E-state index contributed by atoms with van der Waals surface area (Å²) >= 11 is 0. The number of carboxylic acid groups (broad SMARTS) is 1. The smallest absolute Gasteiger partial charge is 0.307 e. The SMILES string of the molecule is CCC(CC)NCCS(=O)(=O)N1CCC(C(=O)O)C1. The Bertz CT molecular complexity index is 393. The zero-order chi connectivity index (χ0) is 14.5. The molecular weight excluding hydrogens is 268 g/mol. The number of hydrogen-bond donors (Lipinski definition) is 2. The van der Waals surface area contributed by atoms with Crippen LogP contribution >= 0.6 is 0 Å². The molecule has 1 rings (SSSR count). The number of sulfonamides is 1. The Morgan fingerprint density at radius 1 is 1.42 bits per heavy atom. The van der Waals surface area contributed by atoms with Crippen molar-refractivity contribution in [3.05, 3.63) is 0 Å². The van der Waals surface area contributed by atoms with E-state index < -0.39 is 21.9 Å². The van der Waals surface area contributed by atoms with Crippen LogP contribution in [0, 0.1) is 5.92 Å². The van der Waals surface area contributed by atoms with E-state index in [1.54, 1.807) is 0 Å². The second-order valence-corrected chi connectivity index (χ2v) is 7.05. The Kier molecular flexibility index (Phi) is 6.22. The molecule has 0 aromatic rings. The first-order chi connectivity index (χ1) is 8.90. The lowest BCUT2D eigenvalue weighted by Gasteiger charge is -2.18. The van der Waals surface area contributed by atoms with Gasteiger partial charge in [-0.05, 0) is 19.3 Å². The van der Waals surface area contributed by atoms with Gasteiger partial charge >= 0.3 is 5.97 Å². The van der Waals surface area contributed by atoms with Gasteiger partial charge in [-0.15, -0.1) is 0 Å². The molecule has 112 valence electrons. The van der Waals surface area contributed by atoms with E-state index >= 15 is 0 Å². The topological polar surface area (TPSA) is 86.7 Å². The minimum atomic E-state index is -3.33. The third kappa shape index (κ3) is 4.74. The van der Waals surface area contributed by atoms with E-state index in [0.29, 0.717) is 25.6 Å². The summed E-state index contributed by atoms with van der Waals surface area (Å²) in [4.78, 5) is 10.8. The normalized spacial score (nSPS) is 21.1. The van der Waals surface area contributed by atoms with Crippen LogP contribution in [0.2, 0.25) is 0 Å². The zero-order valence-corrected chi connectivity index (χ0v) is 12.4. The molecule has 19 heavy (non-hydrogen) atoms. The molecule has 2 N–H and O–H groups in total. The number of carbonyl (C=O) groups is 1. The first-order valence-corrected chi connectivity index (χ1v) is 8.45. The molecule has 1 aliphatic rings. The highest BCUT2D eigenvalue weighted by Crippen LogP contribution is 2.19. The van der Waals surface area contributed by atoms with Crippen molar-refractivity contribution in [3.63, 3.8) is 0 Å². The highest BCUT2D eigenvalue weighted by molar-refractivity contribution is 7.89. The molecule has 1 aliphatic heterocycles. The van der Waals surface area contributed by atoms with Crippen LogP contribution in [0.4, 0.5) is 0 Å². The molecular formula is C12H24N2O4S. The summed E-state index contributed by atoms with van der Waals surface area (Å²) < 4.78 is 25.4. The average Bonchev–Trinajstić information content (AvgIpc) is 2.85. The molecule has 0 saturated carbocycles. The maximum absolute atomic E-state index is 12.1. The van der Waals surface area contributed by atoms with Gasteiger partial charge in [-0.1, -0.05) is 13.8 Å². The van der Waals surface area contributed by atoms with Gasteiger partial charge < -0.3 is 10.4 Å². The van der Waals surface area contributed by atoms with Crippen molar-refractivity contribution in [1.29, 1.82) is 0 Å². The summed E-state index contributed by atoms with van der Waals surface area (Å²) in [5, 5.41) is 12.1. The maximum atomic E-state index is 12.1. The van der Waals surface area contributed by atoms with Crippen molar-refractivity contribution in [2.45, 2.75) is 39.2 Å². The number of carboxylic acids is 1. The second kappa shape index (κ2) is 7.21. The van der Waals surface area contributed by atoms with E-state index in [2.05, 4.69) is 19.2 Å². The second-order valence-electron chi connectivity index (χ2n) is 4.97. The molecule has 0 aromatic heterocycles. The number of aliphatic carboxylic acids is 1. The van der Waals surface area contributed by atoms with Gasteiger partial charge in [0.2, 0.25) is 10.0 Å². The summed E-state index contributed by atoms with van der Waals surface area (Å²) in [6, 6.07) is 0.348. The molecule has 0 spiro atoms. The minimum absolute atomic E-state index is 0.0375. The van der Waals surface area contributed by atoms with Gasteiger partial charge in [0, 0.05) is 25.7 Å².